The number of hydrogen-bond donors (Lipinski definition) is 0. The normalized spacial score (nSPS) is 15.7. The van der Waals surface area contributed by atoms with Crippen LogP contribution in [0.4, 0.5) is 0 Å². The van der Waals surface area contributed by atoms with Crippen molar-refractivity contribution in [1.29, 1.82) is 0 Å². The zero-order chi connectivity index (χ0) is 15.2. The number of benzene rings is 2. The molecule has 0 aromatic heterocycles. The van der Waals surface area contributed by atoms with Gasteiger partial charge in [0.1, 0.15) is 12.4 Å². The average molecular weight is 294 g/mol. The van der Waals surface area contributed by atoms with Crippen molar-refractivity contribution in [1.82, 2.24) is 4.90 Å². The Labute approximate surface area is 133 Å². The van der Waals surface area contributed by atoms with E-state index in [1.54, 1.807) is 0 Å². The Morgan fingerprint density at radius 3 is 2.55 bits per heavy atom. The van der Waals surface area contributed by atoms with E-state index in [1.165, 1.54) is 49.0 Å². The summed E-state index contributed by atoms with van der Waals surface area (Å²) in [5, 5.41) is 0. The Morgan fingerprint density at radius 1 is 1.05 bits per heavy atom. The maximum absolute atomic E-state index is 5.88. The van der Waals surface area contributed by atoms with E-state index in [1.807, 2.05) is 12.1 Å². The molecule has 2 aromatic carbocycles. The Kier molecular flexibility index (Phi) is 5.12. The lowest BCUT2D eigenvalue weighted by molar-refractivity contribution is 0.183. The van der Waals surface area contributed by atoms with Gasteiger partial charge in [-0.15, -0.1) is 0 Å². The maximum atomic E-state index is 5.88. The van der Waals surface area contributed by atoms with Crippen molar-refractivity contribution in [2.45, 2.75) is 26.2 Å². The monoisotopic (exact) mass is 294 g/mol. The first-order valence-corrected chi connectivity index (χ1v) is 8.25. The summed E-state index contributed by atoms with van der Waals surface area (Å²) in [5.74, 6) is 0.957. The minimum Gasteiger partial charge on any atom is -0.492 e. The van der Waals surface area contributed by atoms with Gasteiger partial charge < -0.3 is 4.74 Å². The molecule has 1 saturated heterocycles. The second-order valence-electron chi connectivity index (χ2n) is 6.02. The fourth-order valence-corrected chi connectivity index (χ4v) is 3.03. The second kappa shape index (κ2) is 7.46. The van der Waals surface area contributed by atoms with Crippen LogP contribution in [0.5, 0.6) is 5.75 Å². The van der Waals surface area contributed by atoms with E-state index in [-0.39, 0.29) is 0 Å². The molecule has 1 aliphatic heterocycles. The van der Waals surface area contributed by atoms with Gasteiger partial charge >= 0.3 is 0 Å². The summed E-state index contributed by atoms with van der Waals surface area (Å²) in [4.78, 5) is 2.50. The van der Waals surface area contributed by atoms with Gasteiger partial charge in [0.2, 0.25) is 0 Å². The van der Waals surface area contributed by atoms with Gasteiger partial charge in [0.25, 0.3) is 0 Å². The topological polar surface area (TPSA) is 12.5 Å². The van der Waals surface area contributed by atoms with E-state index in [2.05, 4.69) is 48.2 Å². The standard InChI is InChI=1S/C20H24NO/c1-17-7-3-4-8-20(17)18-9-11-19(12-10-18)22-16-15-21-13-5-2-6-14-21/h3,7-12H,2,5-6,13-16H2,1H3. The number of aryl methyl sites for hydroxylation is 1. The van der Waals surface area contributed by atoms with E-state index in [9.17, 15) is 0 Å². The summed E-state index contributed by atoms with van der Waals surface area (Å²) < 4.78 is 5.88. The van der Waals surface area contributed by atoms with Crippen molar-refractivity contribution < 1.29 is 4.74 Å². The zero-order valence-electron chi connectivity index (χ0n) is 13.3. The first-order chi connectivity index (χ1) is 10.8. The summed E-state index contributed by atoms with van der Waals surface area (Å²) in [6.45, 7) is 6.40. The highest BCUT2D eigenvalue weighted by Crippen LogP contribution is 2.25. The molecule has 0 N–H and O–H groups in total. The van der Waals surface area contributed by atoms with Crippen molar-refractivity contribution in [3.8, 4) is 16.9 Å². The number of nitrogens with zero attached hydrogens (tertiary/aromatic N) is 1. The van der Waals surface area contributed by atoms with Gasteiger partial charge in [-0.1, -0.05) is 30.7 Å². The highest BCUT2D eigenvalue weighted by molar-refractivity contribution is 5.67. The second-order valence-corrected chi connectivity index (χ2v) is 6.02. The maximum Gasteiger partial charge on any atom is 0.119 e. The number of piperidine rings is 1. The molecule has 0 aliphatic carbocycles. The van der Waals surface area contributed by atoms with Crippen LogP contribution in [-0.4, -0.2) is 31.1 Å². The Morgan fingerprint density at radius 2 is 1.82 bits per heavy atom. The quantitative estimate of drug-likeness (QED) is 0.814. The predicted molar refractivity (Wildman–Crippen MR) is 91.2 cm³/mol. The third-order valence-corrected chi connectivity index (χ3v) is 4.37. The third-order valence-electron chi connectivity index (χ3n) is 4.37. The smallest absolute Gasteiger partial charge is 0.119 e. The highest BCUT2D eigenvalue weighted by atomic mass is 16.5. The molecule has 0 atom stereocenters. The Balaban J connectivity index is 1.54. The number of likely N-dealkylation sites (tertiary alicyclic amines) is 1. The lowest BCUT2D eigenvalue weighted by Gasteiger charge is -2.26. The number of ether oxygens (including phenoxy) is 1. The van der Waals surface area contributed by atoms with Gasteiger partial charge in [-0.25, -0.2) is 0 Å². The minimum atomic E-state index is 0.775. The van der Waals surface area contributed by atoms with Crippen LogP contribution in [0.1, 0.15) is 24.8 Å². The van der Waals surface area contributed by atoms with Crippen molar-refractivity contribution in [2.24, 2.45) is 0 Å². The first-order valence-electron chi connectivity index (χ1n) is 8.25. The molecule has 3 rings (SSSR count). The molecule has 0 saturated carbocycles. The van der Waals surface area contributed by atoms with Gasteiger partial charge in [-0.05, 0) is 73.8 Å². The molecule has 22 heavy (non-hydrogen) atoms. The highest BCUT2D eigenvalue weighted by Gasteiger charge is 2.09. The van der Waals surface area contributed by atoms with Crippen molar-refractivity contribution in [3.63, 3.8) is 0 Å². The third kappa shape index (κ3) is 3.89. The van der Waals surface area contributed by atoms with Crippen LogP contribution in [0, 0.1) is 13.0 Å². The van der Waals surface area contributed by atoms with Gasteiger partial charge in [-0.3, -0.25) is 4.90 Å². The fraction of sp³-hybridized carbons (Fsp3) is 0.400. The molecule has 0 bridgehead atoms. The number of hydrogen-bond acceptors (Lipinski definition) is 2. The SMILES string of the molecule is Cc1cc[c]cc1-c1ccc(OCCN2CCCCC2)cc1. The van der Waals surface area contributed by atoms with E-state index < -0.39 is 0 Å². The lowest BCUT2D eigenvalue weighted by atomic mass is 10.0. The molecule has 1 radical (unpaired) electrons. The fourth-order valence-electron chi connectivity index (χ4n) is 3.03. The molecule has 1 aliphatic rings. The van der Waals surface area contributed by atoms with Crippen molar-refractivity contribution in [2.75, 3.05) is 26.2 Å². The van der Waals surface area contributed by atoms with Crippen LogP contribution in [0.2, 0.25) is 0 Å². The lowest BCUT2D eigenvalue weighted by Crippen LogP contribution is -2.33. The molecule has 1 fully saturated rings. The van der Waals surface area contributed by atoms with Crippen LogP contribution in [0.3, 0.4) is 0 Å². The van der Waals surface area contributed by atoms with Crippen LogP contribution in [-0.2, 0) is 0 Å². The first kappa shape index (κ1) is 15.1. The molecule has 0 unspecified atom stereocenters. The van der Waals surface area contributed by atoms with Gasteiger partial charge in [0.15, 0.2) is 0 Å². The van der Waals surface area contributed by atoms with Crippen LogP contribution in [0.25, 0.3) is 11.1 Å². The molecule has 2 aromatic rings. The number of rotatable bonds is 5. The van der Waals surface area contributed by atoms with E-state index in [4.69, 9.17) is 4.74 Å². The predicted octanol–water partition coefficient (Wildman–Crippen LogP) is 4.33. The largest absolute Gasteiger partial charge is 0.492 e. The van der Waals surface area contributed by atoms with E-state index >= 15 is 0 Å². The molecule has 2 nitrogen and oxygen atoms in total. The molecule has 115 valence electrons. The summed E-state index contributed by atoms with van der Waals surface area (Å²) in [5.41, 5.74) is 3.73. The van der Waals surface area contributed by atoms with Crippen LogP contribution < -0.4 is 4.74 Å². The van der Waals surface area contributed by atoms with Crippen molar-refractivity contribution >= 4 is 0 Å². The molecular formula is C20H24NO. The van der Waals surface area contributed by atoms with Crippen molar-refractivity contribution in [3.05, 3.63) is 54.1 Å². The summed E-state index contributed by atoms with van der Waals surface area (Å²) >= 11 is 0. The van der Waals surface area contributed by atoms with Gasteiger partial charge in [0, 0.05) is 6.54 Å². The Hall–Kier alpha value is -1.80. The molecule has 0 spiro atoms. The summed E-state index contributed by atoms with van der Waals surface area (Å²) in [6, 6.07) is 17.6. The average Bonchev–Trinajstić information content (AvgIpc) is 2.57. The summed E-state index contributed by atoms with van der Waals surface area (Å²) in [6.07, 6.45) is 4.05. The van der Waals surface area contributed by atoms with Crippen LogP contribution >= 0.6 is 0 Å². The summed E-state index contributed by atoms with van der Waals surface area (Å²) in [7, 11) is 0. The molecule has 2 heteroatoms. The molecule has 1 heterocycles. The molecular weight excluding hydrogens is 270 g/mol. The minimum absolute atomic E-state index is 0.775. The van der Waals surface area contributed by atoms with Gasteiger partial charge in [0.05, 0.1) is 0 Å². The van der Waals surface area contributed by atoms with Gasteiger partial charge in [-0.2, -0.15) is 0 Å². The Bertz CT molecular complexity index is 585. The van der Waals surface area contributed by atoms with E-state index in [0.717, 1.165) is 18.9 Å². The van der Waals surface area contributed by atoms with E-state index in [0.29, 0.717) is 0 Å². The zero-order valence-corrected chi connectivity index (χ0v) is 13.3. The molecule has 0 amide bonds. The van der Waals surface area contributed by atoms with Crippen LogP contribution in [0.15, 0.2) is 42.5 Å².